The molecular formula is C9H15BN2O2S. The zero-order valence-electron chi connectivity index (χ0n) is 8.76. The molecule has 1 aliphatic heterocycles. The maximum absolute atomic E-state index is 8.97. The van der Waals surface area contributed by atoms with Gasteiger partial charge in [0.15, 0.2) is 5.13 Å². The van der Waals surface area contributed by atoms with E-state index in [0.717, 1.165) is 18.2 Å². The van der Waals surface area contributed by atoms with Crippen molar-refractivity contribution in [2.45, 2.75) is 19.8 Å². The van der Waals surface area contributed by atoms with E-state index in [9.17, 15) is 0 Å². The molecule has 0 aromatic carbocycles. The first kappa shape index (κ1) is 10.9. The standard InChI is InChI=1S/C9H15BN2O2S/c1-7-3-2-4-12(5-7)9-11-8(6-15-9)10(13)14/h6-7,13-14H,2-5H2,1H3/t7-/m1/s1. The first-order valence-corrected chi connectivity index (χ1v) is 6.11. The van der Waals surface area contributed by atoms with E-state index in [1.165, 1.54) is 24.2 Å². The van der Waals surface area contributed by atoms with Crippen molar-refractivity contribution < 1.29 is 10.0 Å². The van der Waals surface area contributed by atoms with E-state index < -0.39 is 7.12 Å². The van der Waals surface area contributed by atoms with Gasteiger partial charge in [0.25, 0.3) is 0 Å². The minimum absolute atomic E-state index is 0.355. The Morgan fingerprint density at radius 1 is 1.60 bits per heavy atom. The van der Waals surface area contributed by atoms with Gasteiger partial charge in [-0.15, -0.1) is 11.3 Å². The van der Waals surface area contributed by atoms with Gasteiger partial charge in [-0.1, -0.05) is 6.92 Å². The number of anilines is 1. The zero-order valence-corrected chi connectivity index (χ0v) is 9.57. The van der Waals surface area contributed by atoms with E-state index in [-0.39, 0.29) is 0 Å². The second-order valence-corrected chi connectivity index (χ2v) is 4.96. The van der Waals surface area contributed by atoms with Crippen molar-refractivity contribution in [1.29, 1.82) is 0 Å². The summed E-state index contributed by atoms with van der Waals surface area (Å²) in [7, 11) is -1.45. The van der Waals surface area contributed by atoms with E-state index in [1.807, 2.05) is 0 Å². The molecule has 0 spiro atoms. The molecule has 1 aromatic rings. The highest BCUT2D eigenvalue weighted by Gasteiger charge is 2.21. The van der Waals surface area contributed by atoms with Crippen LogP contribution in [0.2, 0.25) is 0 Å². The molecule has 0 bridgehead atoms. The molecule has 1 aliphatic rings. The van der Waals surface area contributed by atoms with Crippen LogP contribution >= 0.6 is 11.3 Å². The summed E-state index contributed by atoms with van der Waals surface area (Å²) in [5.74, 6) is 0.699. The van der Waals surface area contributed by atoms with Gasteiger partial charge in [-0.25, -0.2) is 4.98 Å². The second-order valence-electron chi connectivity index (χ2n) is 4.12. The van der Waals surface area contributed by atoms with Crippen molar-refractivity contribution in [2.24, 2.45) is 5.92 Å². The molecule has 0 aliphatic carbocycles. The third-order valence-corrected chi connectivity index (χ3v) is 3.62. The molecule has 15 heavy (non-hydrogen) atoms. The van der Waals surface area contributed by atoms with Crippen LogP contribution in [0, 0.1) is 5.92 Å². The average Bonchev–Trinajstić information content (AvgIpc) is 2.66. The lowest BCUT2D eigenvalue weighted by Crippen LogP contribution is -2.36. The molecule has 2 heterocycles. The lowest BCUT2D eigenvalue weighted by molar-refractivity contribution is 0.424. The van der Waals surface area contributed by atoms with Crippen LogP contribution in [0.1, 0.15) is 19.8 Å². The van der Waals surface area contributed by atoms with Crippen molar-refractivity contribution in [3.05, 3.63) is 5.38 Å². The SMILES string of the molecule is C[C@@H]1CCCN(c2nc(B(O)O)cs2)C1. The van der Waals surface area contributed by atoms with Crippen LogP contribution in [-0.4, -0.2) is 35.2 Å². The first-order chi connectivity index (χ1) is 7.16. The van der Waals surface area contributed by atoms with Gasteiger partial charge in [0.1, 0.15) is 0 Å². The van der Waals surface area contributed by atoms with Crippen LogP contribution in [0.3, 0.4) is 0 Å². The Labute approximate surface area is 93.7 Å². The van der Waals surface area contributed by atoms with Crippen LogP contribution in [0.5, 0.6) is 0 Å². The summed E-state index contributed by atoms with van der Waals surface area (Å²) < 4.78 is 0. The number of piperidine rings is 1. The summed E-state index contributed by atoms with van der Waals surface area (Å²) in [6.07, 6.45) is 2.47. The number of aromatic nitrogens is 1. The van der Waals surface area contributed by atoms with Crippen LogP contribution in [-0.2, 0) is 0 Å². The highest BCUT2D eigenvalue weighted by atomic mass is 32.1. The Kier molecular flexibility index (Phi) is 3.28. The second kappa shape index (κ2) is 4.51. The smallest absolute Gasteiger partial charge is 0.422 e. The minimum atomic E-state index is -1.45. The highest BCUT2D eigenvalue weighted by Crippen LogP contribution is 2.23. The summed E-state index contributed by atoms with van der Waals surface area (Å²) in [4.78, 5) is 6.44. The maximum atomic E-state index is 8.97. The van der Waals surface area contributed by atoms with Crippen LogP contribution in [0.25, 0.3) is 0 Å². The predicted molar refractivity (Wildman–Crippen MR) is 62.6 cm³/mol. The van der Waals surface area contributed by atoms with Crippen molar-refractivity contribution in [2.75, 3.05) is 18.0 Å². The minimum Gasteiger partial charge on any atom is -0.422 e. The number of rotatable bonds is 2. The maximum Gasteiger partial charge on any atom is 0.509 e. The summed E-state index contributed by atoms with van der Waals surface area (Å²) >= 11 is 1.48. The van der Waals surface area contributed by atoms with E-state index in [4.69, 9.17) is 10.0 Å². The van der Waals surface area contributed by atoms with Crippen molar-refractivity contribution in [1.82, 2.24) is 4.98 Å². The number of hydrogen-bond donors (Lipinski definition) is 2. The van der Waals surface area contributed by atoms with Crippen molar-refractivity contribution in [3.63, 3.8) is 0 Å². The zero-order chi connectivity index (χ0) is 10.8. The summed E-state index contributed by atoms with van der Waals surface area (Å²) in [6, 6.07) is 0. The largest absolute Gasteiger partial charge is 0.509 e. The Hall–Kier alpha value is -0.585. The molecule has 1 atom stereocenters. The van der Waals surface area contributed by atoms with E-state index in [1.54, 1.807) is 5.38 Å². The van der Waals surface area contributed by atoms with Gasteiger partial charge in [0, 0.05) is 18.5 Å². The number of hydrogen-bond acceptors (Lipinski definition) is 5. The molecular weight excluding hydrogens is 211 g/mol. The highest BCUT2D eigenvalue weighted by molar-refractivity contribution is 7.14. The Bertz CT molecular complexity index is 332. The van der Waals surface area contributed by atoms with Crippen molar-refractivity contribution >= 4 is 29.2 Å². The van der Waals surface area contributed by atoms with Gasteiger partial charge in [-0.05, 0) is 18.8 Å². The van der Waals surface area contributed by atoms with Gasteiger partial charge in [-0.3, -0.25) is 0 Å². The van der Waals surface area contributed by atoms with Crippen LogP contribution in [0.15, 0.2) is 5.38 Å². The van der Waals surface area contributed by atoms with Crippen LogP contribution < -0.4 is 10.5 Å². The Morgan fingerprint density at radius 3 is 3.00 bits per heavy atom. The number of nitrogens with zero attached hydrogens (tertiary/aromatic N) is 2. The molecule has 1 saturated heterocycles. The molecule has 82 valence electrons. The Morgan fingerprint density at radius 2 is 2.40 bits per heavy atom. The predicted octanol–water partition coefficient (Wildman–Crippen LogP) is 0.0592. The van der Waals surface area contributed by atoms with E-state index in [0.29, 0.717) is 11.5 Å². The molecule has 0 radical (unpaired) electrons. The molecule has 0 saturated carbocycles. The fourth-order valence-electron chi connectivity index (χ4n) is 1.90. The third-order valence-electron chi connectivity index (χ3n) is 2.70. The van der Waals surface area contributed by atoms with Gasteiger partial charge in [0.2, 0.25) is 0 Å². The molecule has 2 N–H and O–H groups in total. The number of thiazole rings is 1. The lowest BCUT2D eigenvalue weighted by atomic mass is 9.88. The quantitative estimate of drug-likeness (QED) is 0.700. The Balaban J connectivity index is 2.08. The van der Waals surface area contributed by atoms with Gasteiger partial charge in [0.05, 0.1) is 5.59 Å². The van der Waals surface area contributed by atoms with E-state index in [2.05, 4.69) is 16.8 Å². The van der Waals surface area contributed by atoms with Crippen molar-refractivity contribution in [3.8, 4) is 0 Å². The monoisotopic (exact) mass is 226 g/mol. The average molecular weight is 226 g/mol. The third kappa shape index (κ3) is 2.51. The normalized spacial score (nSPS) is 21.8. The summed E-state index contributed by atoms with van der Waals surface area (Å²) in [5, 5.41) is 20.6. The van der Waals surface area contributed by atoms with Gasteiger partial charge in [-0.2, -0.15) is 0 Å². The molecule has 0 unspecified atom stereocenters. The molecule has 6 heteroatoms. The van der Waals surface area contributed by atoms with Crippen LogP contribution in [0.4, 0.5) is 5.13 Å². The molecule has 1 aromatic heterocycles. The molecule has 4 nitrogen and oxygen atoms in total. The summed E-state index contributed by atoms with van der Waals surface area (Å²) in [6.45, 7) is 4.29. The van der Waals surface area contributed by atoms with Gasteiger partial charge < -0.3 is 14.9 Å². The fourth-order valence-corrected chi connectivity index (χ4v) is 2.78. The lowest BCUT2D eigenvalue weighted by Gasteiger charge is -2.30. The fraction of sp³-hybridized carbons (Fsp3) is 0.667. The van der Waals surface area contributed by atoms with E-state index >= 15 is 0 Å². The summed E-state index contributed by atoms with van der Waals surface area (Å²) in [5.41, 5.74) is 0.355. The molecule has 1 fully saturated rings. The van der Waals surface area contributed by atoms with Gasteiger partial charge >= 0.3 is 7.12 Å². The first-order valence-electron chi connectivity index (χ1n) is 5.23. The topological polar surface area (TPSA) is 56.6 Å². The molecule has 2 rings (SSSR count). The molecule has 0 amide bonds.